The molecule has 2 atom stereocenters. The molecule has 1 aliphatic carbocycles. The largest absolute Gasteiger partial charge is 0.394 e. The SMILES string of the molecule is CC(CO)n1nnnc1-c1cccc(N2C(=O)c3cc(-n4cnc(C5CC5)c4)ccc3C2I)n1. The number of nitrogens with zero attached hydrogens (tertiary/aromatic N) is 8. The summed E-state index contributed by atoms with van der Waals surface area (Å²) in [5, 5.41) is 21.3. The second-order valence-electron chi connectivity index (χ2n) is 8.62. The Balaban J connectivity index is 1.33. The fourth-order valence-corrected chi connectivity index (χ4v) is 5.26. The molecule has 1 amide bonds. The van der Waals surface area contributed by atoms with E-state index in [1.165, 1.54) is 17.5 Å². The third-order valence-corrected chi connectivity index (χ3v) is 7.48. The van der Waals surface area contributed by atoms with Crippen molar-refractivity contribution in [1.29, 1.82) is 0 Å². The van der Waals surface area contributed by atoms with E-state index in [-0.39, 0.29) is 22.6 Å². The molecule has 0 bridgehead atoms. The zero-order valence-electron chi connectivity index (χ0n) is 18.3. The molecule has 1 aromatic carbocycles. The topological polar surface area (TPSA) is 115 Å². The van der Waals surface area contributed by atoms with E-state index >= 15 is 0 Å². The molecule has 1 N–H and O–H groups in total. The minimum Gasteiger partial charge on any atom is -0.394 e. The number of tetrazole rings is 1. The molecule has 0 saturated heterocycles. The third kappa shape index (κ3) is 3.50. The summed E-state index contributed by atoms with van der Waals surface area (Å²) in [6, 6.07) is 11.1. The molecule has 1 aliphatic heterocycles. The number of amides is 1. The number of aromatic nitrogens is 7. The van der Waals surface area contributed by atoms with Crippen LogP contribution in [0.4, 0.5) is 5.82 Å². The van der Waals surface area contributed by atoms with E-state index in [4.69, 9.17) is 4.98 Å². The van der Waals surface area contributed by atoms with E-state index in [0.717, 1.165) is 16.9 Å². The number of halogens is 1. The lowest BCUT2D eigenvalue weighted by atomic mass is 10.1. The molecule has 10 nitrogen and oxygen atoms in total. The van der Waals surface area contributed by atoms with E-state index in [1.54, 1.807) is 17.0 Å². The first-order chi connectivity index (χ1) is 16.5. The van der Waals surface area contributed by atoms with Gasteiger partial charge in [0.05, 0.1) is 24.7 Å². The van der Waals surface area contributed by atoms with Crippen molar-refractivity contribution in [2.75, 3.05) is 11.5 Å². The van der Waals surface area contributed by atoms with Gasteiger partial charge in [0.15, 0.2) is 0 Å². The summed E-state index contributed by atoms with van der Waals surface area (Å²) in [5.74, 6) is 1.42. The van der Waals surface area contributed by atoms with Gasteiger partial charge in [-0.25, -0.2) is 14.6 Å². The molecule has 0 radical (unpaired) electrons. The number of aliphatic hydroxyl groups is 1. The highest BCUT2D eigenvalue weighted by atomic mass is 127. The second kappa shape index (κ2) is 8.24. The summed E-state index contributed by atoms with van der Waals surface area (Å²) in [5.41, 5.74) is 4.16. The van der Waals surface area contributed by atoms with Gasteiger partial charge in [-0.05, 0) is 60.0 Å². The van der Waals surface area contributed by atoms with Gasteiger partial charge in [-0.3, -0.25) is 9.69 Å². The van der Waals surface area contributed by atoms with Crippen molar-refractivity contribution in [3.05, 3.63) is 65.7 Å². The van der Waals surface area contributed by atoms with Crippen molar-refractivity contribution in [3.8, 4) is 17.2 Å². The van der Waals surface area contributed by atoms with Crippen molar-refractivity contribution >= 4 is 34.3 Å². The smallest absolute Gasteiger partial charge is 0.261 e. The van der Waals surface area contributed by atoms with Crippen molar-refractivity contribution in [2.24, 2.45) is 0 Å². The molecular formula is C23H21IN8O2. The van der Waals surface area contributed by atoms with Crippen LogP contribution in [0.25, 0.3) is 17.2 Å². The fourth-order valence-electron chi connectivity index (χ4n) is 4.18. The number of hydrogen-bond donors (Lipinski definition) is 1. The maximum Gasteiger partial charge on any atom is 0.261 e. The Morgan fingerprint density at radius 3 is 2.88 bits per heavy atom. The number of aliphatic hydroxyl groups excluding tert-OH is 1. The van der Waals surface area contributed by atoms with Crippen LogP contribution in [0.5, 0.6) is 0 Å². The van der Waals surface area contributed by atoms with Crippen LogP contribution in [0.1, 0.15) is 57.4 Å². The summed E-state index contributed by atoms with van der Waals surface area (Å²) in [4.78, 5) is 24.4. The summed E-state index contributed by atoms with van der Waals surface area (Å²) >= 11 is 2.27. The highest BCUT2D eigenvalue weighted by Gasteiger charge is 2.37. The van der Waals surface area contributed by atoms with E-state index in [1.807, 2.05) is 42.1 Å². The average Bonchev–Trinajstić information content (AvgIpc) is 3.29. The van der Waals surface area contributed by atoms with E-state index in [0.29, 0.717) is 28.8 Å². The number of imidazole rings is 1. The zero-order chi connectivity index (χ0) is 23.4. The molecule has 4 heterocycles. The van der Waals surface area contributed by atoms with Crippen molar-refractivity contribution in [3.63, 3.8) is 0 Å². The molecule has 3 aromatic heterocycles. The Bertz CT molecular complexity index is 1400. The van der Waals surface area contributed by atoms with Crippen LogP contribution in [0, 0.1) is 0 Å². The number of pyridine rings is 1. The number of benzene rings is 1. The lowest BCUT2D eigenvalue weighted by Crippen LogP contribution is -2.26. The van der Waals surface area contributed by atoms with E-state index < -0.39 is 0 Å². The summed E-state index contributed by atoms with van der Waals surface area (Å²) in [6.45, 7) is 1.71. The monoisotopic (exact) mass is 568 g/mol. The summed E-state index contributed by atoms with van der Waals surface area (Å²) in [6.07, 6.45) is 6.27. The lowest BCUT2D eigenvalue weighted by molar-refractivity contribution is 0.0996. The number of rotatable bonds is 6. The molecule has 1 saturated carbocycles. The molecule has 4 aromatic rings. The van der Waals surface area contributed by atoms with Crippen LogP contribution in [-0.4, -0.2) is 52.4 Å². The molecule has 2 aliphatic rings. The number of alkyl halides is 1. The number of hydrogen-bond acceptors (Lipinski definition) is 7. The number of carbonyl (C=O) groups excluding carboxylic acids is 1. The highest BCUT2D eigenvalue weighted by Crippen LogP contribution is 2.42. The van der Waals surface area contributed by atoms with Crippen LogP contribution < -0.4 is 4.90 Å². The van der Waals surface area contributed by atoms with Gasteiger partial charge in [-0.2, -0.15) is 0 Å². The predicted molar refractivity (Wildman–Crippen MR) is 132 cm³/mol. The van der Waals surface area contributed by atoms with Gasteiger partial charge in [-0.15, -0.1) is 5.10 Å². The molecule has 2 unspecified atom stereocenters. The van der Waals surface area contributed by atoms with Crippen LogP contribution >= 0.6 is 22.6 Å². The minimum atomic E-state index is -0.299. The minimum absolute atomic E-state index is 0.102. The fraction of sp³-hybridized carbons (Fsp3) is 0.304. The Morgan fingerprint density at radius 2 is 2.09 bits per heavy atom. The van der Waals surface area contributed by atoms with Gasteiger partial charge in [0.25, 0.3) is 5.91 Å². The maximum atomic E-state index is 13.5. The lowest BCUT2D eigenvalue weighted by Gasteiger charge is -2.20. The normalized spacial score (nSPS) is 18.4. The Morgan fingerprint density at radius 1 is 1.24 bits per heavy atom. The number of carbonyl (C=O) groups is 1. The molecule has 1 fully saturated rings. The van der Waals surface area contributed by atoms with Gasteiger partial charge in [-0.1, -0.05) is 34.7 Å². The van der Waals surface area contributed by atoms with E-state index in [9.17, 15) is 9.90 Å². The predicted octanol–water partition coefficient (Wildman–Crippen LogP) is 3.45. The Hall–Kier alpha value is -3.19. The summed E-state index contributed by atoms with van der Waals surface area (Å²) in [7, 11) is 0. The third-order valence-electron chi connectivity index (χ3n) is 6.25. The van der Waals surface area contributed by atoms with Gasteiger partial charge >= 0.3 is 0 Å². The number of fused-ring (bicyclic) bond motifs is 1. The van der Waals surface area contributed by atoms with Gasteiger partial charge in [0.1, 0.15) is 15.6 Å². The Kier molecular flexibility index (Phi) is 5.17. The molecular weight excluding hydrogens is 547 g/mol. The number of anilines is 1. The van der Waals surface area contributed by atoms with E-state index in [2.05, 4.69) is 49.3 Å². The van der Waals surface area contributed by atoms with Crippen LogP contribution in [0.2, 0.25) is 0 Å². The average molecular weight is 568 g/mol. The molecule has 11 heteroatoms. The van der Waals surface area contributed by atoms with Crippen LogP contribution in [0.15, 0.2) is 48.9 Å². The maximum absolute atomic E-state index is 13.5. The van der Waals surface area contributed by atoms with Crippen LogP contribution in [-0.2, 0) is 0 Å². The zero-order valence-corrected chi connectivity index (χ0v) is 20.4. The molecule has 172 valence electrons. The summed E-state index contributed by atoms with van der Waals surface area (Å²) < 4.78 is 3.31. The van der Waals surface area contributed by atoms with Gasteiger partial charge in [0, 0.05) is 23.4 Å². The van der Waals surface area contributed by atoms with Crippen LogP contribution in [0.3, 0.4) is 0 Å². The Labute approximate surface area is 208 Å². The quantitative estimate of drug-likeness (QED) is 0.215. The highest BCUT2D eigenvalue weighted by molar-refractivity contribution is 14.1. The van der Waals surface area contributed by atoms with Gasteiger partial charge < -0.3 is 9.67 Å². The second-order valence-corrected chi connectivity index (χ2v) is 9.80. The first kappa shape index (κ1) is 21.4. The van der Waals surface area contributed by atoms with Crippen molar-refractivity contribution < 1.29 is 9.90 Å². The standard InChI is InChI=1S/C23H21IN8O2/c1-13(11-33)32-22(27-28-29-32)18-3-2-4-20(26-18)31-21(24)16-8-7-15(9-17(16)23(31)34)30-10-19(25-12-30)14-5-6-14/h2-4,7-10,12-14,21,33H,5-6,11H2,1H3. The first-order valence-corrected chi connectivity index (χ1v) is 12.3. The molecule has 0 spiro atoms. The van der Waals surface area contributed by atoms with Crippen molar-refractivity contribution in [2.45, 2.75) is 35.8 Å². The van der Waals surface area contributed by atoms with Crippen molar-refractivity contribution in [1.82, 2.24) is 34.7 Å². The molecule has 6 rings (SSSR count). The molecule has 34 heavy (non-hydrogen) atoms. The first-order valence-electron chi connectivity index (χ1n) is 11.1. The van der Waals surface area contributed by atoms with Gasteiger partial charge in [0.2, 0.25) is 5.82 Å².